The molecular weight excluding hydrogens is 179 g/mol. The van der Waals surface area contributed by atoms with Crippen molar-refractivity contribution < 1.29 is 0 Å². The van der Waals surface area contributed by atoms with Gasteiger partial charge in [-0.25, -0.2) is 0 Å². The monoisotopic (exact) mass is 184 g/mol. The summed E-state index contributed by atoms with van der Waals surface area (Å²) in [5, 5.41) is 0.783. The van der Waals surface area contributed by atoms with Gasteiger partial charge in [-0.1, -0.05) is 35.9 Å². The number of hydrogen-bond acceptors (Lipinski definition) is 0. The van der Waals surface area contributed by atoms with Crippen molar-refractivity contribution in [1.29, 1.82) is 0 Å². The van der Waals surface area contributed by atoms with Gasteiger partial charge in [0, 0.05) is 5.02 Å². The predicted molar refractivity (Wildman–Crippen MR) is 49.1 cm³/mol. The second-order valence-corrected chi connectivity index (χ2v) is 3.38. The molecule has 1 aliphatic carbocycles. The van der Waals surface area contributed by atoms with Gasteiger partial charge in [0.2, 0.25) is 0 Å². The minimum atomic E-state index is 0.00343. The van der Waals surface area contributed by atoms with Crippen molar-refractivity contribution in [3.63, 3.8) is 0 Å². The third-order valence-electron chi connectivity index (χ3n) is 1.82. The summed E-state index contributed by atoms with van der Waals surface area (Å²) in [4.78, 5) is 0. The van der Waals surface area contributed by atoms with Crippen LogP contribution in [0.3, 0.4) is 0 Å². The zero-order valence-electron chi connectivity index (χ0n) is 5.72. The third kappa shape index (κ3) is 1.07. The Balaban J connectivity index is 2.65. The fourth-order valence-corrected chi connectivity index (χ4v) is 1.76. The predicted octanol–water partition coefficient (Wildman–Crippen LogP) is 3.65. The molecule has 2 rings (SSSR count). The molecule has 0 saturated carbocycles. The third-order valence-corrected chi connectivity index (χ3v) is 2.53. The normalized spacial score (nSPS) is 20.4. The molecule has 0 fully saturated rings. The molecule has 0 bridgehead atoms. The summed E-state index contributed by atoms with van der Waals surface area (Å²) >= 11 is 11.9. The van der Waals surface area contributed by atoms with Crippen molar-refractivity contribution in [2.45, 2.75) is 5.38 Å². The SMILES string of the molecule is Clc1cccc2c1C=CC2Cl. The van der Waals surface area contributed by atoms with E-state index in [1.54, 1.807) is 0 Å². The molecule has 0 radical (unpaired) electrons. The van der Waals surface area contributed by atoms with Gasteiger partial charge in [-0.15, -0.1) is 11.6 Å². The van der Waals surface area contributed by atoms with Crippen LogP contribution < -0.4 is 0 Å². The van der Waals surface area contributed by atoms with E-state index in [0.29, 0.717) is 0 Å². The van der Waals surface area contributed by atoms with E-state index in [9.17, 15) is 0 Å². The highest BCUT2D eigenvalue weighted by atomic mass is 35.5. The van der Waals surface area contributed by atoms with Crippen LogP contribution >= 0.6 is 23.2 Å². The number of rotatable bonds is 0. The lowest BCUT2D eigenvalue weighted by atomic mass is 10.1. The number of benzene rings is 1. The molecule has 11 heavy (non-hydrogen) atoms. The summed E-state index contributed by atoms with van der Waals surface area (Å²) in [7, 11) is 0. The van der Waals surface area contributed by atoms with Gasteiger partial charge < -0.3 is 0 Å². The van der Waals surface area contributed by atoms with Crippen molar-refractivity contribution >= 4 is 29.3 Å². The first-order valence-electron chi connectivity index (χ1n) is 3.40. The van der Waals surface area contributed by atoms with Crippen molar-refractivity contribution in [2.75, 3.05) is 0 Å². The second-order valence-electron chi connectivity index (χ2n) is 2.50. The number of halogens is 2. The zero-order chi connectivity index (χ0) is 7.84. The molecule has 0 aliphatic heterocycles. The first kappa shape index (κ1) is 7.20. The van der Waals surface area contributed by atoms with Crippen molar-refractivity contribution in [1.82, 2.24) is 0 Å². The van der Waals surface area contributed by atoms with Crippen molar-refractivity contribution in [2.24, 2.45) is 0 Å². The van der Waals surface area contributed by atoms with E-state index in [1.165, 1.54) is 0 Å². The van der Waals surface area contributed by atoms with Gasteiger partial charge in [0.25, 0.3) is 0 Å². The van der Waals surface area contributed by atoms with E-state index in [0.717, 1.165) is 16.1 Å². The van der Waals surface area contributed by atoms with Crippen LogP contribution in [0, 0.1) is 0 Å². The molecule has 0 amide bonds. The van der Waals surface area contributed by atoms with Gasteiger partial charge in [-0.3, -0.25) is 0 Å². The first-order valence-corrected chi connectivity index (χ1v) is 4.21. The Bertz CT molecular complexity index is 315. The molecule has 0 spiro atoms. The molecule has 0 saturated heterocycles. The second kappa shape index (κ2) is 2.54. The largest absolute Gasteiger partial charge is 0.113 e. The summed E-state index contributed by atoms with van der Waals surface area (Å²) in [5.41, 5.74) is 2.17. The smallest absolute Gasteiger partial charge is 0.0775 e. The van der Waals surface area contributed by atoms with Gasteiger partial charge in [0.05, 0.1) is 5.38 Å². The molecule has 1 aliphatic rings. The van der Waals surface area contributed by atoms with Crippen molar-refractivity contribution in [3.8, 4) is 0 Å². The molecule has 56 valence electrons. The summed E-state index contributed by atoms with van der Waals surface area (Å²) < 4.78 is 0. The highest BCUT2D eigenvalue weighted by Crippen LogP contribution is 2.36. The van der Waals surface area contributed by atoms with E-state index in [1.807, 2.05) is 30.4 Å². The molecule has 2 heteroatoms. The van der Waals surface area contributed by atoms with Crippen LogP contribution in [0.25, 0.3) is 6.08 Å². The molecule has 0 aromatic heterocycles. The summed E-state index contributed by atoms with van der Waals surface area (Å²) in [6.07, 6.45) is 3.91. The van der Waals surface area contributed by atoms with Gasteiger partial charge in [0.1, 0.15) is 0 Å². The Kier molecular flexibility index (Phi) is 1.67. The molecule has 1 atom stereocenters. The Morgan fingerprint density at radius 1 is 1.27 bits per heavy atom. The zero-order valence-corrected chi connectivity index (χ0v) is 7.23. The van der Waals surface area contributed by atoms with E-state index in [2.05, 4.69) is 0 Å². The van der Waals surface area contributed by atoms with Crippen molar-refractivity contribution in [3.05, 3.63) is 40.4 Å². The average molecular weight is 185 g/mol. The first-order chi connectivity index (χ1) is 5.29. The maximum Gasteiger partial charge on any atom is 0.0775 e. The molecule has 0 N–H and O–H groups in total. The topological polar surface area (TPSA) is 0 Å². The fourth-order valence-electron chi connectivity index (χ4n) is 1.25. The maximum atomic E-state index is 5.97. The van der Waals surface area contributed by atoms with Crippen LogP contribution in [0.2, 0.25) is 5.02 Å². The minimum absolute atomic E-state index is 0.00343. The minimum Gasteiger partial charge on any atom is -0.113 e. The molecule has 0 nitrogen and oxygen atoms in total. The van der Waals surface area contributed by atoms with E-state index in [-0.39, 0.29) is 5.38 Å². The molecule has 1 unspecified atom stereocenters. The van der Waals surface area contributed by atoms with E-state index >= 15 is 0 Å². The molecule has 1 aromatic rings. The van der Waals surface area contributed by atoms with Crippen LogP contribution in [0.15, 0.2) is 24.3 Å². The van der Waals surface area contributed by atoms with Crippen LogP contribution in [0.1, 0.15) is 16.5 Å². The fraction of sp³-hybridized carbons (Fsp3) is 0.111. The lowest BCUT2D eigenvalue weighted by Gasteiger charge is -2.02. The Morgan fingerprint density at radius 3 is 2.82 bits per heavy atom. The number of fused-ring (bicyclic) bond motifs is 1. The number of allylic oxidation sites excluding steroid dienone is 1. The standard InChI is InChI=1S/C9H6Cl2/c10-8-3-1-2-6-7(8)4-5-9(6)11/h1-5,9H. The van der Waals surface area contributed by atoms with Crippen LogP contribution in [0.4, 0.5) is 0 Å². The maximum absolute atomic E-state index is 5.97. The average Bonchev–Trinajstić information content (AvgIpc) is 2.35. The summed E-state index contributed by atoms with van der Waals surface area (Å²) in [6.45, 7) is 0. The Morgan fingerprint density at radius 2 is 2.09 bits per heavy atom. The highest BCUT2D eigenvalue weighted by molar-refractivity contribution is 6.33. The van der Waals surface area contributed by atoms with Gasteiger partial charge >= 0.3 is 0 Å². The molecule has 1 aromatic carbocycles. The lowest BCUT2D eigenvalue weighted by molar-refractivity contribution is 1.25. The summed E-state index contributed by atoms with van der Waals surface area (Å²) in [6, 6.07) is 5.79. The molecular formula is C9H6Cl2. The van der Waals surface area contributed by atoms with Crippen LogP contribution in [-0.4, -0.2) is 0 Å². The lowest BCUT2D eigenvalue weighted by Crippen LogP contribution is -1.83. The van der Waals surface area contributed by atoms with Crippen LogP contribution in [0.5, 0.6) is 0 Å². The van der Waals surface area contributed by atoms with Gasteiger partial charge in [0.15, 0.2) is 0 Å². The quantitative estimate of drug-likeness (QED) is 0.541. The number of hydrogen-bond donors (Lipinski definition) is 0. The van der Waals surface area contributed by atoms with Gasteiger partial charge in [-0.05, 0) is 17.2 Å². The van der Waals surface area contributed by atoms with E-state index < -0.39 is 0 Å². The summed E-state index contributed by atoms with van der Waals surface area (Å²) in [5.74, 6) is 0. The van der Waals surface area contributed by atoms with Crippen LogP contribution in [-0.2, 0) is 0 Å². The number of alkyl halides is 1. The molecule has 0 heterocycles. The Labute approximate surface area is 75.4 Å². The van der Waals surface area contributed by atoms with E-state index in [4.69, 9.17) is 23.2 Å². The highest BCUT2D eigenvalue weighted by Gasteiger charge is 2.15. The Hall–Kier alpha value is -0.460. The van der Waals surface area contributed by atoms with Gasteiger partial charge in [-0.2, -0.15) is 0 Å².